The maximum atomic E-state index is 13.4. The van der Waals surface area contributed by atoms with E-state index in [1.807, 2.05) is 55.4 Å². The molecule has 1 amide bonds. The molecule has 1 atom stereocenters. The molecule has 2 aromatic carbocycles. The summed E-state index contributed by atoms with van der Waals surface area (Å²) in [6.45, 7) is 1.68. The first-order valence-electron chi connectivity index (χ1n) is 9.90. The number of rotatable bonds is 7. The minimum atomic E-state index is -0.0538. The van der Waals surface area contributed by atoms with Gasteiger partial charge in [-0.2, -0.15) is 0 Å². The van der Waals surface area contributed by atoms with Crippen LogP contribution in [-0.2, 0) is 17.8 Å². The number of likely N-dealkylation sites (N-methyl/N-ethyl adjacent to an activating group) is 1. The standard InChI is InChI=1S/C23H30N2O5/c1-24(2)14-18-15-30-19-9-7-6-8-17(19)13-25(18)22(26)12-16-10-20(27-3)23(29-5)21(11-16)28-4/h6-11,18H,12-15H2,1-5H3. The predicted molar refractivity (Wildman–Crippen MR) is 115 cm³/mol. The number of nitrogens with zero attached hydrogens (tertiary/aromatic N) is 2. The minimum absolute atomic E-state index is 0.0245. The van der Waals surface area contributed by atoms with Crippen LogP contribution in [0.1, 0.15) is 11.1 Å². The summed E-state index contributed by atoms with van der Waals surface area (Å²) in [6, 6.07) is 11.5. The van der Waals surface area contributed by atoms with Crippen molar-refractivity contribution in [2.24, 2.45) is 0 Å². The maximum absolute atomic E-state index is 13.4. The van der Waals surface area contributed by atoms with Crippen molar-refractivity contribution >= 4 is 5.91 Å². The van der Waals surface area contributed by atoms with Crippen LogP contribution in [0.4, 0.5) is 0 Å². The fourth-order valence-electron chi connectivity index (χ4n) is 3.74. The van der Waals surface area contributed by atoms with Crippen LogP contribution in [0.3, 0.4) is 0 Å². The van der Waals surface area contributed by atoms with E-state index in [4.69, 9.17) is 18.9 Å². The number of methoxy groups -OCH3 is 3. The van der Waals surface area contributed by atoms with Gasteiger partial charge >= 0.3 is 0 Å². The fraction of sp³-hybridized carbons (Fsp3) is 0.435. The highest BCUT2D eigenvalue weighted by atomic mass is 16.5. The predicted octanol–water partition coefficient (Wildman–Crippen LogP) is 2.61. The van der Waals surface area contributed by atoms with E-state index in [1.165, 1.54) is 0 Å². The van der Waals surface area contributed by atoms with E-state index >= 15 is 0 Å². The van der Waals surface area contributed by atoms with Crippen LogP contribution in [0.15, 0.2) is 36.4 Å². The number of carbonyl (C=O) groups excluding carboxylic acids is 1. The Morgan fingerprint density at radius 3 is 2.37 bits per heavy atom. The highest BCUT2D eigenvalue weighted by molar-refractivity contribution is 5.80. The largest absolute Gasteiger partial charge is 0.493 e. The Kier molecular flexibility index (Phi) is 7.05. The number of para-hydroxylation sites is 1. The van der Waals surface area contributed by atoms with Gasteiger partial charge in [0.15, 0.2) is 11.5 Å². The van der Waals surface area contributed by atoms with Crippen molar-refractivity contribution in [1.82, 2.24) is 9.80 Å². The second-order valence-corrected chi connectivity index (χ2v) is 7.57. The Morgan fingerprint density at radius 2 is 1.77 bits per heavy atom. The zero-order chi connectivity index (χ0) is 21.7. The van der Waals surface area contributed by atoms with Gasteiger partial charge in [-0.3, -0.25) is 4.79 Å². The van der Waals surface area contributed by atoms with E-state index in [1.54, 1.807) is 21.3 Å². The van der Waals surface area contributed by atoms with Crippen molar-refractivity contribution < 1.29 is 23.7 Å². The third kappa shape index (κ3) is 4.79. The topological polar surface area (TPSA) is 60.5 Å². The molecule has 1 aliphatic heterocycles. The SMILES string of the molecule is COc1cc(CC(=O)N2Cc3ccccc3OCC2CN(C)C)cc(OC)c1OC. The van der Waals surface area contributed by atoms with Crippen molar-refractivity contribution in [3.8, 4) is 23.0 Å². The molecule has 1 aliphatic rings. The first-order chi connectivity index (χ1) is 14.5. The van der Waals surface area contributed by atoms with E-state index in [-0.39, 0.29) is 18.4 Å². The molecule has 1 heterocycles. The maximum Gasteiger partial charge on any atom is 0.227 e. The van der Waals surface area contributed by atoms with Gasteiger partial charge in [0, 0.05) is 18.7 Å². The van der Waals surface area contributed by atoms with Gasteiger partial charge in [-0.25, -0.2) is 0 Å². The summed E-state index contributed by atoms with van der Waals surface area (Å²) in [5.74, 6) is 2.45. The third-order valence-corrected chi connectivity index (χ3v) is 5.16. The van der Waals surface area contributed by atoms with Gasteiger partial charge in [-0.05, 0) is 37.9 Å². The van der Waals surface area contributed by atoms with E-state index in [0.29, 0.717) is 30.4 Å². The lowest BCUT2D eigenvalue weighted by Crippen LogP contribution is -2.47. The summed E-state index contributed by atoms with van der Waals surface area (Å²) in [6.07, 6.45) is 0.225. The normalized spacial score (nSPS) is 15.8. The number of ether oxygens (including phenoxy) is 4. The molecule has 0 saturated carbocycles. The van der Waals surface area contributed by atoms with Crippen molar-refractivity contribution in [3.05, 3.63) is 47.5 Å². The lowest BCUT2D eigenvalue weighted by molar-refractivity contribution is -0.134. The molecule has 0 spiro atoms. The van der Waals surface area contributed by atoms with Crippen LogP contribution in [0.5, 0.6) is 23.0 Å². The van der Waals surface area contributed by atoms with Crippen LogP contribution in [0, 0.1) is 0 Å². The molecule has 7 heteroatoms. The number of amides is 1. The molecule has 2 aromatic rings. The van der Waals surface area contributed by atoms with Gasteiger partial charge in [-0.15, -0.1) is 0 Å². The number of carbonyl (C=O) groups is 1. The van der Waals surface area contributed by atoms with Crippen LogP contribution in [0.2, 0.25) is 0 Å². The van der Waals surface area contributed by atoms with Crippen LogP contribution >= 0.6 is 0 Å². The monoisotopic (exact) mass is 414 g/mol. The number of hydrogen-bond donors (Lipinski definition) is 0. The smallest absolute Gasteiger partial charge is 0.227 e. The lowest BCUT2D eigenvalue weighted by Gasteiger charge is -2.31. The molecule has 0 N–H and O–H groups in total. The zero-order valence-electron chi connectivity index (χ0n) is 18.3. The number of benzene rings is 2. The van der Waals surface area contributed by atoms with Gasteiger partial charge < -0.3 is 28.7 Å². The highest BCUT2D eigenvalue weighted by Crippen LogP contribution is 2.38. The molecule has 0 saturated heterocycles. The molecule has 1 unspecified atom stereocenters. The summed E-state index contributed by atoms with van der Waals surface area (Å²) in [4.78, 5) is 17.4. The van der Waals surface area contributed by atoms with Gasteiger partial charge in [0.05, 0.1) is 33.8 Å². The zero-order valence-corrected chi connectivity index (χ0v) is 18.3. The number of fused-ring (bicyclic) bond motifs is 1. The lowest BCUT2D eigenvalue weighted by atomic mass is 10.1. The minimum Gasteiger partial charge on any atom is -0.493 e. The average molecular weight is 415 g/mol. The molecule has 30 heavy (non-hydrogen) atoms. The van der Waals surface area contributed by atoms with Gasteiger partial charge in [0.1, 0.15) is 12.4 Å². The summed E-state index contributed by atoms with van der Waals surface area (Å²) in [7, 11) is 8.70. The molecular weight excluding hydrogens is 384 g/mol. The van der Waals surface area contributed by atoms with Gasteiger partial charge in [0.2, 0.25) is 11.7 Å². The Morgan fingerprint density at radius 1 is 1.10 bits per heavy atom. The molecule has 162 valence electrons. The van der Waals surface area contributed by atoms with E-state index < -0.39 is 0 Å². The van der Waals surface area contributed by atoms with Crippen molar-refractivity contribution in [1.29, 1.82) is 0 Å². The first-order valence-corrected chi connectivity index (χ1v) is 9.90. The molecular formula is C23H30N2O5. The molecule has 0 aromatic heterocycles. The van der Waals surface area contributed by atoms with E-state index in [0.717, 1.165) is 23.4 Å². The highest BCUT2D eigenvalue weighted by Gasteiger charge is 2.29. The number of hydrogen-bond acceptors (Lipinski definition) is 6. The molecule has 7 nitrogen and oxygen atoms in total. The van der Waals surface area contributed by atoms with Crippen molar-refractivity contribution in [2.75, 3.05) is 48.6 Å². The first kappa shape index (κ1) is 21.8. The summed E-state index contributed by atoms with van der Waals surface area (Å²) >= 11 is 0. The van der Waals surface area contributed by atoms with Crippen molar-refractivity contribution in [2.45, 2.75) is 19.0 Å². The molecule has 0 fully saturated rings. The van der Waals surface area contributed by atoms with Gasteiger partial charge in [0.25, 0.3) is 0 Å². The van der Waals surface area contributed by atoms with E-state index in [9.17, 15) is 4.79 Å². The van der Waals surface area contributed by atoms with Crippen LogP contribution < -0.4 is 18.9 Å². The van der Waals surface area contributed by atoms with Gasteiger partial charge in [-0.1, -0.05) is 18.2 Å². The Hall–Kier alpha value is -2.93. The fourth-order valence-corrected chi connectivity index (χ4v) is 3.74. The van der Waals surface area contributed by atoms with Crippen molar-refractivity contribution in [3.63, 3.8) is 0 Å². The summed E-state index contributed by atoms with van der Waals surface area (Å²) in [5, 5.41) is 0. The molecule has 0 bridgehead atoms. The second-order valence-electron chi connectivity index (χ2n) is 7.57. The molecule has 0 aliphatic carbocycles. The average Bonchev–Trinajstić information content (AvgIpc) is 2.92. The Bertz CT molecular complexity index is 859. The second kappa shape index (κ2) is 9.71. The van der Waals surface area contributed by atoms with Crippen LogP contribution in [0.25, 0.3) is 0 Å². The quantitative estimate of drug-likeness (QED) is 0.694. The van der Waals surface area contributed by atoms with E-state index in [2.05, 4.69) is 4.90 Å². The third-order valence-electron chi connectivity index (χ3n) is 5.16. The molecule has 0 radical (unpaired) electrons. The Balaban J connectivity index is 1.89. The summed E-state index contributed by atoms with van der Waals surface area (Å²) in [5.41, 5.74) is 1.81. The Labute approximate surface area is 178 Å². The molecule has 3 rings (SSSR count). The summed E-state index contributed by atoms with van der Waals surface area (Å²) < 4.78 is 22.3. The van der Waals surface area contributed by atoms with Crippen LogP contribution in [-0.4, -0.2) is 70.3 Å².